The fourth-order valence-corrected chi connectivity index (χ4v) is 2.38. The van der Waals surface area contributed by atoms with Crippen molar-refractivity contribution in [3.05, 3.63) is 10.1 Å². The van der Waals surface area contributed by atoms with E-state index in [0.717, 1.165) is 7.11 Å². The first-order chi connectivity index (χ1) is 10.2. The molecule has 0 radical (unpaired) electrons. The molecule has 0 bridgehead atoms. The number of nitro groups is 1. The van der Waals surface area contributed by atoms with Crippen molar-refractivity contribution in [2.75, 3.05) is 13.7 Å². The summed E-state index contributed by atoms with van der Waals surface area (Å²) in [7, 11) is 1.05. The molecule has 0 saturated heterocycles. The zero-order valence-electron chi connectivity index (χ0n) is 12.0. The summed E-state index contributed by atoms with van der Waals surface area (Å²) < 4.78 is 4.68. The number of ether oxygens (including phenoxy) is 1. The fourth-order valence-electron chi connectivity index (χ4n) is 2.38. The van der Waals surface area contributed by atoms with E-state index in [4.69, 9.17) is 0 Å². The number of carbonyl (C=O) groups is 5. The largest absolute Gasteiger partial charge is 0.366 e. The predicted octanol–water partition coefficient (Wildman–Crippen LogP) is -0.974. The molecule has 1 rings (SSSR count). The van der Waals surface area contributed by atoms with Crippen molar-refractivity contribution in [1.29, 1.82) is 0 Å². The van der Waals surface area contributed by atoms with E-state index >= 15 is 0 Å². The van der Waals surface area contributed by atoms with Gasteiger partial charge in [0.05, 0.1) is 0 Å². The summed E-state index contributed by atoms with van der Waals surface area (Å²) in [6, 6.07) is 0. The van der Waals surface area contributed by atoms with Crippen molar-refractivity contribution in [3.63, 3.8) is 0 Å². The van der Waals surface area contributed by atoms with Gasteiger partial charge in [0.2, 0.25) is 6.54 Å². The smallest absolute Gasteiger partial charge is 0.206 e. The number of carbonyl (C=O) groups excluding carboxylic acids is 5. The van der Waals surface area contributed by atoms with Crippen LogP contribution in [0.5, 0.6) is 0 Å². The number of methoxy groups -OCH3 is 1. The Morgan fingerprint density at radius 3 is 2.36 bits per heavy atom. The Balaban J connectivity index is 2.99. The van der Waals surface area contributed by atoms with Crippen LogP contribution >= 0.6 is 0 Å². The molecule has 9 heteroatoms. The first-order valence-electron chi connectivity index (χ1n) is 6.48. The molecule has 0 N–H and O–H groups in total. The van der Waals surface area contributed by atoms with E-state index < -0.39 is 58.5 Å². The van der Waals surface area contributed by atoms with Crippen LogP contribution in [0.25, 0.3) is 0 Å². The van der Waals surface area contributed by atoms with Crippen LogP contribution in [0.4, 0.5) is 0 Å². The average Bonchev–Trinajstić information content (AvgIpc) is 2.38. The molecule has 0 aliphatic heterocycles. The second kappa shape index (κ2) is 7.12. The number of hydrogen-bond acceptors (Lipinski definition) is 8. The lowest BCUT2D eigenvalue weighted by atomic mass is 9.74. The van der Waals surface area contributed by atoms with E-state index in [1.54, 1.807) is 0 Å². The highest BCUT2D eigenvalue weighted by Crippen LogP contribution is 2.24. The van der Waals surface area contributed by atoms with Gasteiger partial charge in [0.25, 0.3) is 0 Å². The molecule has 9 nitrogen and oxygen atoms in total. The second-order valence-corrected chi connectivity index (χ2v) is 5.16. The van der Waals surface area contributed by atoms with Crippen LogP contribution in [0.3, 0.4) is 0 Å². The van der Waals surface area contributed by atoms with Crippen molar-refractivity contribution in [2.24, 2.45) is 17.8 Å². The first-order valence-corrected chi connectivity index (χ1v) is 6.48. The maximum absolute atomic E-state index is 12.1. The Morgan fingerprint density at radius 2 is 1.91 bits per heavy atom. The Hall–Kier alpha value is -2.29. The van der Waals surface area contributed by atoms with Crippen LogP contribution in [0.2, 0.25) is 0 Å². The van der Waals surface area contributed by atoms with Gasteiger partial charge in [0.1, 0.15) is 18.1 Å². The van der Waals surface area contributed by atoms with Crippen LogP contribution < -0.4 is 0 Å². The molecule has 4 atom stereocenters. The quantitative estimate of drug-likeness (QED) is 0.253. The topological polar surface area (TPSA) is 138 Å². The van der Waals surface area contributed by atoms with Crippen LogP contribution in [0.1, 0.15) is 13.3 Å². The Labute approximate surface area is 125 Å². The maximum Gasteiger partial charge on any atom is 0.206 e. The van der Waals surface area contributed by atoms with Gasteiger partial charge >= 0.3 is 0 Å². The molecule has 0 spiro atoms. The summed E-state index contributed by atoms with van der Waals surface area (Å²) in [5, 5.41) is 10.4. The van der Waals surface area contributed by atoms with Gasteiger partial charge in [-0.05, 0) is 0 Å². The minimum atomic E-state index is -1.79. The number of rotatable bonds is 7. The van der Waals surface area contributed by atoms with Crippen LogP contribution in [-0.2, 0) is 28.7 Å². The summed E-state index contributed by atoms with van der Waals surface area (Å²) >= 11 is 0. The van der Waals surface area contributed by atoms with Crippen molar-refractivity contribution in [3.8, 4) is 0 Å². The molecule has 120 valence electrons. The molecule has 22 heavy (non-hydrogen) atoms. The highest BCUT2D eigenvalue weighted by atomic mass is 16.6. The van der Waals surface area contributed by atoms with E-state index in [0.29, 0.717) is 0 Å². The zero-order chi connectivity index (χ0) is 17.0. The second-order valence-electron chi connectivity index (χ2n) is 5.16. The van der Waals surface area contributed by atoms with Crippen molar-refractivity contribution in [1.82, 2.24) is 0 Å². The monoisotopic (exact) mass is 313 g/mol. The molecule has 0 aromatic heterocycles. The van der Waals surface area contributed by atoms with Gasteiger partial charge in [-0.25, -0.2) is 0 Å². The molecule has 1 aliphatic carbocycles. The maximum atomic E-state index is 12.1. The van der Waals surface area contributed by atoms with E-state index in [1.165, 1.54) is 6.92 Å². The summed E-state index contributed by atoms with van der Waals surface area (Å²) in [5.74, 6) is -8.13. The van der Waals surface area contributed by atoms with Crippen molar-refractivity contribution < 1.29 is 33.6 Å². The lowest BCUT2D eigenvalue weighted by Gasteiger charge is -2.27. The minimum Gasteiger partial charge on any atom is -0.366 e. The van der Waals surface area contributed by atoms with Gasteiger partial charge < -0.3 is 9.53 Å². The van der Waals surface area contributed by atoms with Gasteiger partial charge in [-0.1, -0.05) is 6.92 Å². The molecular weight excluding hydrogens is 298 g/mol. The summed E-state index contributed by atoms with van der Waals surface area (Å²) in [4.78, 5) is 68.5. The van der Waals surface area contributed by atoms with E-state index in [9.17, 15) is 34.1 Å². The van der Waals surface area contributed by atoms with Crippen molar-refractivity contribution in [2.45, 2.75) is 19.4 Å². The molecule has 0 aromatic carbocycles. The van der Waals surface area contributed by atoms with Crippen LogP contribution in [0.15, 0.2) is 0 Å². The molecule has 1 fully saturated rings. The molecule has 1 saturated carbocycles. The van der Waals surface area contributed by atoms with Gasteiger partial charge in [0, 0.05) is 24.4 Å². The average molecular weight is 313 g/mol. The third-order valence-corrected chi connectivity index (χ3v) is 3.40. The van der Waals surface area contributed by atoms with Gasteiger partial charge in [0.15, 0.2) is 29.2 Å². The SMILES string of the molecule is COC1C(=O)C(C=O)C(=O)C(C(=O)CC(C)C[N+](=O)[O-])C1=O. The number of nitrogens with zero attached hydrogens (tertiary/aromatic N) is 1. The lowest BCUT2D eigenvalue weighted by Crippen LogP contribution is -2.55. The highest BCUT2D eigenvalue weighted by molar-refractivity contribution is 6.36. The third-order valence-electron chi connectivity index (χ3n) is 3.40. The zero-order valence-corrected chi connectivity index (χ0v) is 12.0. The van der Waals surface area contributed by atoms with E-state index in [1.807, 2.05) is 0 Å². The van der Waals surface area contributed by atoms with Crippen LogP contribution in [0, 0.1) is 27.9 Å². The molecular formula is C13H15NO8. The molecule has 0 aromatic rings. The number of hydrogen-bond donors (Lipinski definition) is 0. The third kappa shape index (κ3) is 3.48. The Kier molecular flexibility index (Phi) is 5.75. The first kappa shape index (κ1) is 17.8. The van der Waals surface area contributed by atoms with Crippen LogP contribution in [-0.4, -0.2) is 54.1 Å². The normalized spacial score (nSPS) is 26.6. The Morgan fingerprint density at radius 1 is 1.32 bits per heavy atom. The molecule has 0 amide bonds. The molecule has 1 aliphatic rings. The highest BCUT2D eigenvalue weighted by Gasteiger charge is 2.52. The summed E-state index contributed by atoms with van der Waals surface area (Å²) in [6.07, 6.45) is -1.95. The minimum absolute atomic E-state index is 0.0733. The van der Waals surface area contributed by atoms with E-state index in [2.05, 4.69) is 4.74 Å². The molecule has 4 unspecified atom stereocenters. The number of Topliss-reactive ketones (excluding diaryl/α,β-unsaturated/α-hetero) is 4. The van der Waals surface area contributed by atoms with Crippen molar-refractivity contribution >= 4 is 29.4 Å². The predicted molar refractivity (Wildman–Crippen MR) is 69.5 cm³/mol. The number of aldehydes is 1. The Bertz CT molecular complexity index is 540. The fraction of sp³-hybridized carbons (Fsp3) is 0.615. The number of ketones is 4. The summed E-state index contributed by atoms with van der Waals surface area (Å²) in [5.41, 5.74) is 0. The lowest BCUT2D eigenvalue weighted by molar-refractivity contribution is -0.487. The molecule has 0 heterocycles. The van der Waals surface area contributed by atoms with E-state index in [-0.39, 0.29) is 12.7 Å². The summed E-state index contributed by atoms with van der Waals surface area (Å²) in [6.45, 7) is 0.930. The standard InChI is InChI=1S/C13H15NO8/c1-6(4-14(20)21)3-8(16)9-10(17)7(5-15)11(18)13(22-2)12(9)19/h5-7,9,13H,3-4H2,1-2H3. The van der Waals surface area contributed by atoms with Gasteiger partial charge in [-0.15, -0.1) is 0 Å². The van der Waals surface area contributed by atoms with Gasteiger partial charge in [-0.3, -0.25) is 29.3 Å². The van der Waals surface area contributed by atoms with Gasteiger partial charge in [-0.2, -0.15) is 0 Å².